The van der Waals surface area contributed by atoms with Gasteiger partial charge in [0.1, 0.15) is 0 Å². The van der Waals surface area contributed by atoms with Crippen LogP contribution in [-0.4, -0.2) is 39.4 Å². The molecule has 1 aromatic rings. The Hall–Kier alpha value is -1.39. The van der Waals surface area contributed by atoms with Crippen LogP contribution in [-0.2, 0) is 14.8 Å². The molecule has 0 amide bonds. The topological polar surface area (TPSA) is 75.6 Å². The number of ether oxygens (including phenoxy) is 1. The van der Waals surface area contributed by atoms with Gasteiger partial charge in [-0.1, -0.05) is 11.8 Å². The number of rotatable bonds is 6. The SMILES string of the molecule is COCC(C)(C)NS(=O)(=O)c1ccc(C#CCCO)cc1. The summed E-state index contributed by atoms with van der Waals surface area (Å²) in [5.74, 6) is 5.63. The van der Waals surface area contributed by atoms with Crippen LogP contribution < -0.4 is 4.72 Å². The minimum absolute atomic E-state index is 0.0119. The highest BCUT2D eigenvalue weighted by Crippen LogP contribution is 2.14. The lowest BCUT2D eigenvalue weighted by atomic mass is 10.1. The Balaban J connectivity index is 2.88. The van der Waals surface area contributed by atoms with Gasteiger partial charge in [-0.05, 0) is 38.1 Å². The molecular formula is C15H21NO4S. The molecular weight excluding hydrogens is 290 g/mol. The number of hydrogen-bond donors (Lipinski definition) is 2. The maximum Gasteiger partial charge on any atom is 0.241 e. The smallest absolute Gasteiger partial charge is 0.241 e. The molecule has 1 aromatic carbocycles. The third-order valence-electron chi connectivity index (χ3n) is 2.55. The molecule has 0 bridgehead atoms. The van der Waals surface area contributed by atoms with E-state index in [-0.39, 0.29) is 18.1 Å². The number of nitrogens with one attached hydrogen (secondary N) is 1. The monoisotopic (exact) mass is 311 g/mol. The van der Waals surface area contributed by atoms with Gasteiger partial charge in [0.2, 0.25) is 10.0 Å². The van der Waals surface area contributed by atoms with Gasteiger partial charge in [0.15, 0.2) is 0 Å². The number of aliphatic hydroxyl groups excluding tert-OH is 1. The summed E-state index contributed by atoms with van der Waals surface area (Å²) in [6.45, 7) is 3.79. The average Bonchev–Trinajstić information content (AvgIpc) is 2.38. The number of sulfonamides is 1. The van der Waals surface area contributed by atoms with E-state index in [0.717, 1.165) is 0 Å². The maximum absolute atomic E-state index is 12.3. The van der Waals surface area contributed by atoms with Crippen molar-refractivity contribution in [1.29, 1.82) is 0 Å². The Kier molecular flexibility index (Phi) is 6.37. The van der Waals surface area contributed by atoms with Gasteiger partial charge in [0, 0.05) is 19.1 Å². The molecule has 21 heavy (non-hydrogen) atoms. The molecule has 2 N–H and O–H groups in total. The Morgan fingerprint density at radius 1 is 1.29 bits per heavy atom. The van der Waals surface area contributed by atoms with E-state index in [1.54, 1.807) is 26.0 Å². The van der Waals surface area contributed by atoms with Crippen molar-refractivity contribution in [2.24, 2.45) is 0 Å². The van der Waals surface area contributed by atoms with Crippen LogP contribution in [0.25, 0.3) is 0 Å². The first-order chi connectivity index (χ1) is 9.80. The van der Waals surface area contributed by atoms with Crippen molar-refractivity contribution < 1.29 is 18.3 Å². The van der Waals surface area contributed by atoms with Crippen LogP contribution in [0.3, 0.4) is 0 Å². The van der Waals surface area contributed by atoms with Crippen LogP contribution in [0.4, 0.5) is 0 Å². The second-order valence-corrected chi connectivity index (χ2v) is 6.90. The van der Waals surface area contributed by atoms with Crippen molar-refractivity contribution in [3.63, 3.8) is 0 Å². The van der Waals surface area contributed by atoms with Crippen LogP contribution in [0, 0.1) is 11.8 Å². The fraction of sp³-hybridized carbons (Fsp3) is 0.467. The molecule has 0 fully saturated rings. The molecule has 5 nitrogen and oxygen atoms in total. The highest BCUT2D eigenvalue weighted by Gasteiger charge is 2.26. The lowest BCUT2D eigenvalue weighted by Crippen LogP contribution is -2.46. The van der Waals surface area contributed by atoms with E-state index in [2.05, 4.69) is 16.6 Å². The van der Waals surface area contributed by atoms with E-state index in [4.69, 9.17) is 9.84 Å². The molecule has 0 heterocycles. The van der Waals surface area contributed by atoms with Crippen molar-refractivity contribution in [2.75, 3.05) is 20.3 Å². The lowest BCUT2D eigenvalue weighted by Gasteiger charge is -2.24. The molecule has 0 saturated heterocycles. The van der Waals surface area contributed by atoms with Gasteiger partial charge in [-0.2, -0.15) is 0 Å². The van der Waals surface area contributed by atoms with Gasteiger partial charge in [-0.3, -0.25) is 0 Å². The highest BCUT2D eigenvalue weighted by molar-refractivity contribution is 7.89. The van der Waals surface area contributed by atoms with Crippen LogP contribution in [0.2, 0.25) is 0 Å². The third kappa shape index (κ3) is 5.86. The summed E-state index contributed by atoms with van der Waals surface area (Å²) in [6, 6.07) is 6.30. The van der Waals surface area contributed by atoms with Crippen molar-refractivity contribution >= 4 is 10.0 Å². The predicted octanol–water partition coefficient (Wildman–Crippen LogP) is 1.12. The Morgan fingerprint density at radius 3 is 2.43 bits per heavy atom. The summed E-state index contributed by atoms with van der Waals surface area (Å²) in [4.78, 5) is 0.180. The van der Waals surface area contributed by atoms with E-state index in [1.165, 1.54) is 19.2 Å². The first kappa shape index (κ1) is 17.7. The zero-order chi connectivity index (χ0) is 15.9. The summed E-state index contributed by atoms with van der Waals surface area (Å²) in [6.07, 6.45) is 0.396. The molecule has 6 heteroatoms. The van der Waals surface area contributed by atoms with Crippen LogP contribution in [0.1, 0.15) is 25.8 Å². The third-order valence-corrected chi connectivity index (χ3v) is 4.26. The number of methoxy groups -OCH3 is 1. The first-order valence-corrected chi connectivity index (χ1v) is 8.02. The molecule has 0 unspecified atom stereocenters. The molecule has 0 radical (unpaired) electrons. The average molecular weight is 311 g/mol. The van der Waals surface area contributed by atoms with Gasteiger partial charge < -0.3 is 9.84 Å². The molecule has 0 aromatic heterocycles. The molecule has 0 aliphatic carbocycles. The summed E-state index contributed by atoms with van der Waals surface area (Å²) in [7, 11) is -2.08. The van der Waals surface area contributed by atoms with Gasteiger partial charge in [-0.15, -0.1) is 0 Å². The maximum atomic E-state index is 12.3. The normalized spacial score (nSPS) is 11.8. The summed E-state index contributed by atoms with van der Waals surface area (Å²) >= 11 is 0. The molecule has 0 saturated carbocycles. The molecule has 0 aliphatic rings. The van der Waals surface area contributed by atoms with E-state index in [0.29, 0.717) is 12.0 Å². The molecule has 0 atom stereocenters. The van der Waals surface area contributed by atoms with E-state index in [9.17, 15) is 8.42 Å². The second kappa shape index (κ2) is 7.57. The molecule has 116 valence electrons. The van der Waals surface area contributed by atoms with E-state index < -0.39 is 15.6 Å². The van der Waals surface area contributed by atoms with Crippen LogP contribution >= 0.6 is 0 Å². The van der Waals surface area contributed by atoms with Gasteiger partial charge in [0.25, 0.3) is 0 Å². The van der Waals surface area contributed by atoms with Crippen molar-refractivity contribution in [3.8, 4) is 11.8 Å². The number of hydrogen-bond acceptors (Lipinski definition) is 4. The minimum Gasteiger partial charge on any atom is -0.395 e. The van der Waals surface area contributed by atoms with Gasteiger partial charge >= 0.3 is 0 Å². The quantitative estimate of drug-likeness (QED) is 0.772. The van der Waals surface area contributed by atoms with Crippen molar-refractivity contribution in [2.45, 2.75) is 30.7 Å². The van der Waals surface area contributed by atoms with E-state index >= 15 is 0 Å². The molecule has 1 rings (SSSR count). The Bertz CT molecular complexity index is 609. The first-order valence-electron chi connectivity index (χ1n) is 6.53. The Morgan fingerprint density at radius 2 is 1.90 bits per heavy atom. The predicted molar refractivity (Wildman–Crippen MR) is 81.3 cm³/mol. The van der Waals surface area contributed by atoms with Crippen molar-refractivity contribution in [3.05, 3.63) is 29.8 Å². The largest absolute Gasteiger partial charge is 0.395 e. The highest BCUT2D eigenvalue weighted by atomic mass is 32.2. The zero-order valence-electron chi connectivity index (χ0n) is 12.5. The molecule has 0 spiro atoms. The fourth-order valence-electron chi connectivity index (χ4n) is 1.75. The Labute approximate surface area is 126 Å². The second-order valence-electron chi connectivity index (χ2n) is 5.22. The van der Waals surface area contributed by atoms with E-state index in [1.807, 2.05) is 0 Å². The number of benzene rings is 1. The summed E-state index contributed by atoms with van der Waals surface area (Å²) in [5, 5.41) is 8.65. The summed E-state index contributed by atoms with van der Waals surface area (Å²) in [5.41, 5.74) is 0.0197. The van der Waals surface area contributed by atoms with Gasteiger partial charge in [-0.25, -0.2) is 13.1 Å². The standard InChI is InChI=1S/C15H21NO4S/c1-15(2,12-20-3)16-21(18,19)14-9-7-13(8-10-14)6-4-5-11-17/h7-10,16-17H,5,11-12H2,1-3H3. The molecule has 0 aliphatic heterocycles. The zero-order valence-corrected chi connectivity index (χ0v) is 13.3. The van der Waals surface area contributed by atoms with Gasteiger partial charge in [0.05, 0.1) is 23.6 Å². The number of aliphatic hydroxyl groups is 1. The van der Waals surface area contributed by atoms with Crippen LogP contribution in [0.15, 0.2) is 29.2 Å². The van der Waals surface area contributed by atoms with Crippen LogP contribution in [0.5, 0.6) is 0 Å². The minimum atomic E-state index is -3.60. The summed E-state index contributed by atoms with van der Waals surface area (Å²) < 4.78 is 32.1. The lowest BCUT2D eigenvalue weighted by molar-refractivity contribution is 0.141. The van der Waals surface area contributed by atoms with Crippen molar-refractivity contribution in [1.82, 2.24) is 4.72 Å². The fourth-order valence-corrected chi connectivity index (χ4v) is 3.15.